The van der Waals surface area contributed by atoms with Gasteiger partial charge in [0.05, 0.1) is 27.6 Å². The summed E-state index contributed by atoms with van der Waals surface area (Å²) in [5.41, 5.74) is 7.38. The number of H-pyrrole nitrogens is 1. The molecule has 2 saturated heterocycles. The number of benzene rings is 1. The summed E-state index contributed by atoms with van der Waals surface area (Å²) in [5.74, 6) is 0.986. The molecule has 8 heteroatoms. The van der Waals surface area contributed by atoms with Crippen molar-refractivity contribution in [2.24, 2.45) is 5.41 Å². The summed E-state index contributed by atoms with van der Waals surface area (Å²) in [5, 5.41) is 19.7. The van der Waals surface area contributed by atoms with E-state index < -0.39 is 0 Å². The number of aromatic nitrogens is 5. The number of aromatic amines is 1. The van der Waals surface area contributed by atoms with Crippen molar-refractivity contribution in [1.29, 1.82) is 0 Å². The maximum absolute atomic E-state index is 4.62. The Bertz CT molecular complexity index is 1160. The van der Waals surface area contributed by atoms with Crippen molar-refractivity contribution in [2.45, 2.75) is 19.3 Å². The van der Waals surface area contributed by atoms with Gasteiger partial charge in [0.1, 0.15) is 0 Å². The number of fused-ring (bicyclic) bond motifs is 1. The van der Waals surface area contributed by atoms with Crippen molar-refractivity contribution in [3.8, 4) is 22.4 Å². The van der Waals surface area contributed by atoms with E-state index in [1.54, 1.807) is 11.3 Å². The number of hydrogen-bond donors (Lipinski definition) is 2. The Balaban J connectivity index is 1.31. The van der Waals surface area contributed by atoms with Crippen molar-refractivity contribution >= 4 is 27.4 Å². The minimum Gasteiger partial charge on any atom is -0.355 e. The molecule has 6 rings (SSSR count). The maximum Gasteiger partial charge on any atom is 0.151 e. The number of nitrogens with zero attached hydrogens (tertiary/aromatic N) is 5. The molecule has 2 aliphatic heterocycles. The van der Waals surface area contributed by atoms with Gasteiger partial charge in [0, 0.05) is 47.9 Å². The Kier molecular flexibility index (Phi) is 4.28. The number of thiazole rings is 1. The molecule has 3 aromatic heterocycles. The van der Waals surface area contributed by atoms with Crippen LogP contribution in [0.15, 0.2) is 42.2 Å². The van der Waals surface area contributed by atoms with Gasteiger partial charge in [0.2, 0.25) is 0 Å². The third-order valence-corrected chi connectivity index (χ3v) is 7.40. The van der Waals surface area contributed by atoms with Crippen LogP contribution >= 0.6 is 11.3 Å². The molecule has 0 saturated carbocycles. The molecule has 4 aromatic rings. The second kappa shape index (κ2) is 7.14. The summed E-state index contributed by atoms with van der Waals surface area (Å²) < 4.78 is 1.13. The van der Waals surface area contributed by atoms with Gasteiger partial charge in [-0.2, -0.15) is 5.10 Å². The van der Waals surface area contributed by atoms with E-state index in [1.807, 2.05) is 17.9 Å². The summed E-state index contributed by atoms with van der Waals surface area (Å²) in [6.45, 7) is 4.40. The predicted molar refractivity (Wildman–Crippen MR) is 120 cm³/mol. The van der Waals surface area contributed by atoms with Gasteiger partial charge >= 0.3 is 0 Å². The van der Waals surface area contributed by atoms with E-state index in [1.165, 1.54) is 19.3 Å². The third kappa shape index (κ3) is 2.98. The van der Waals surface area contributed by atoms with Crippen LogP contribution in [0.1, 0.15) is 19.3 Å². The van der Waals surface area contributed by atoms with E-state index in [0.717, 1.165) is 64.6 Å². The summed E-state index contributed by atoms with van der Waals surface area (Å²) in [7, 11) is 0. The molecule has 2 N–H and O–H groups in total. The highest BCUT2D eigenvalue weighted by molar-refractivity contribution is 7.17. The van der Waals surface area contributed by atoms with Crippen molar-refractivity contribution in [2.75, 3.05) is 31.1 Å². The van der Waals surface area contributed by atoms with Gasteiger partial charge in [-0.3, -0.25) is 5.10 Å². The zero-order valence-electron chi connectivity index (χ0n) is 16.6. The van der Waals surface area contributed by atoms with Crippen LogP contribution in [-0.4, -0.2) is 51.6 Å². The largest absolute Gasteiger partial charge is 0.355 e. The monoisotopic (exact) mass is 417 g/mol. The average Bonchev–Trinajstić information content (AvgIpc) is 3.56. The van der Waals surface area contributed by atoms with E-state index in [-0.39, 0.29) is 0 Å². The van der Waals surface area contributed by atoms with Crippen LogP contribution in [-0.2, 0) is 0 Å². The average molecular weight is 418 g/mol. The van der Waals surface area contributed by atoms with E-state index in [4.69, 9.17) is 0 Å². The molecule has 0 amide bonds. The van der Waals surface area contributed by atoms with E-state index in [9.17, 15) is 0 Å². The number of nitrogens with one attached hydrogen (secondary N) is 2. The van der Waals surface area contributed by atoms with Crippen molar-refractivity contribution < 1.29 is 0 Å². The Morgan fingerprint density at radius 1 is 1.07 bits per heavy atom. The van der Waals surface area contributed by atoms with Gasteiger partial charge in [-0.05, 0) is 37.9 Å². The molecule has 2 aliphatic rings. The first-order valence-corrected chi connectivity index (χ1v) is 11.3. The van der Waals surface area contributed by atoms with Crippen LogP contribution in [0.25, 0.3) is 32.6 Å². The molecule has 0 aliphatic carbocycles. The SMILES string of the molecule is c1nc2c(-c3cn[nH]c3)ccc(-c3ccc(N4CCCC5(CCNC5)C4)nn3)c2s1. The van der Waals surface area contributed by atoms with Crippen LogP contribution < -0.4 is 10.2 Å². The second-order valence-electron chi connectivity index (χ2n) is 8.41. The van der Waals surface area contributed by atoms with Crippen LogP contribution in [0, 0.1) is 5.41 Å². The van der Waals surface area contributed by atoms with Gasteiger partial charge in [0.15, 0.2) is 5.82 Å². The summed E-state index contributed by atoms with van der Waals surface area (Å²) in [6, 6.07) is 8.44. The molecule has 1 atom stereocenters. The van der Waals surface area contributed by atoms with Gasteiger partial charge < -0.3 is 10.2 Å². The summed E-state index contributed by atoms with van der Waals surface area (Å²) >= 11 is 1.64. The predicted octanol–water partition coefficient (Wildman–Crippen LogP) is 3.72. The van der Waals surface area contributed by atoms with E-state index >= 15 is 0 Å². The fraction of sp³-hybridized carbons (Fsp3) is 0.364. The number of piperidine rings is 1. The Labute approximate surface area is 178 Å². The fourth-order valence-corrected chi connectivity index (χ4v) is 5.81. The highest BCUT2D eigenvalue weighted by Crippen LogP contribution is 2.38. The van der Waals surface area contributed by atoms with Gasteiger partial charge in [0.25, 0.3) is 0 Å². The molecular formula is C22H23N7S. The molecular weight excluding hydrogens is 394 g/mol. The van der Waals surface area contributed by atoms with Gasteiger partial charge in [-0.1, -0.05) is 12.1 Å². The lowest BCUT2D eigenvalue weighted by atomic mass is 9.79. The highest BCUT2D eigenvalue weighted by atomic mass is 32.1. The Morgan fingerprint density at radius 3 is 2.83 bits per heavy atom. The molecule has 0 bridgehead atoms. The molecule has 0 radical (unpaired) electrons. The zero-order valence-corrected chi connectivity index (χ0v) is 17.5. The van der Waals surface area contributed by atoms with Crippen molar-refractivity contribution in [3.05, 3.63) is 42.2 Å². The van der Waals surface area contributed by atoms with Crippen LogP contribution in [0.2, 0.25) is 0 Å². The van der Waals surface area contributed by atoms with Gasteiger partial charge in [-0.15, -0.1) is 21.5 Å². The molecule has 2 fully saturated rings. The zero-order chi connectivity index (χ0) is 20.0. The third-order valence-electron chi connectivity index (χ3n) is 6.54. The number of hydrogen-bond acceptors (Lipinski definition) is 7. The minimum absolute atomic E-state index is 0.413. The van der Waals surface area contributed by atoms with E-state index in [2.05, 4.69) is 59.9 Å². The lowest BCUT2D eigenvalue weighted by molar-refractivity contribution is 0.260. The highest BCUT2D eigenvalue weighted by Gasteiger charge is 2.38. The summed E-state index contributed by atoms with van der Waals surface area (Å²) in [6.07, 6.45) is 7.53. The van der Waals surface area contributed by atoms with Crippen LogP contribution in [0.4, 0.5) is 5.82 Å². The number of anilines is 1. The molecule has 1 spiro atoms. The van der Waals surface area contributed by atoms with E-state index in [0.29, 0.717) is 5.41 Å². The van der Waals surface area contributed by atoms with Crippen molar-refractivity contribution in [3.63, 3.8) is 0 Å². The van der Waals surface area contributed by atoms with Crippen LogP contribution in [0.5, 0.6) is 0 Å². The molecule has 1 unspecified atom stereocenters. The fourth-order valence-electron chi connectivity index (χ4n) is 4.97. The standard InChI is InChI=1S/C22H23N7S/c1-6-22(7-8-23-12-22)13-29(9-1)19-5-4-18(27-28-19)17-3-2-16(15-10-25-26-11-15)20-21(17)30-14-24-20/h2-5,10-11,14,23H,1,6-9,12-13H2,(H,25,26). The Morgan fingerprint density at radius 2 is 2.03 bits per heavy atom. The first kappa shape index (κ1) is 18.0. The van der Waals surface area contributed by atoms with Crippen molar-refractivity contribution in [1.82, 2.24) is 30.7 Å². The lowest BCUT2D eigenvalue weighted by Crippen LogP contribution is -2.44. The molecule has 30 heavy (non-hydrogen) atoms. The summed E-state index contributed by atoms with van der Waals surface area (Å²) in [4.78, 5) is 7.02. The first-order valence-electron chi connectivity index (χ1n) is 10.5. The topological polar surface area (TPSA) is 82.6 Å². The smallest absolute Gasteiger partial charge is 0.151 e. The second-order valence-corrected chi connectivity index (χ2v) is 9.26. The normalized spacial score (nSPS) is 21.7. The minimum atomic E-state index is 0.413. The lowest BCUT2D eigenvalue weighted by Gasteiger charge is -2.40. The van der Waals surface area contributed by atoms with Gasteiger partial charge in [-0.25, -0.2) is 4.98 Å². The molecule has 5 heterocycles. The number of rotatable bonds is 3. The van der Waals surface area contributed by atoms with Crippen LogP contribution in [0.3, 0.4) is 0 Å². The molecule has 7 nitrogen and oxygen atoms in total. The maximum atomic E-state index is 4.62. The molecule has 152 valence electrons. The molecule has 1 aromatic carbocycles. The first-order chi connectivity index (χ1) is 14.8. The quantitative estimate of drug-likeness (QED) is 0.529. The Hall–Kier alpha value is -2.84.